The molecule has 0 aliphatic carbocycles. The summed E-state index contributed by atoms with van der Waals surface area (Å²) >= 11 is 1.25. The van der Waals surface area contributed by atoms with Crippen molar-refractivity contribution in [3.63, 3.8) is 0 Å². The number of sulfonamides is 1. The van der Waals surface area contributed by atoms with E-state index >= 15 is 0 Å². The summed E-state index contributed by atoms with van der Waals surface area (Å²) in [5.74, 6) is -0.0962. The molecule has 1 aromatic heterocycles. The fourth-order valence-electron chi connectivity index (χ4n) is 3.34. The summed E-state index contributed by atoms with van der Waals surface area (Å²) in [5, 5.41) is 3.31. The van der Waals surface area contributed by atoms with Crippen molar-refractivity contribution in [2.75, 3.05) is 37.4 Å². The highest BCUT2D eigenvalue weighted by Crippen LogP contribution is 2.23. The molecule has 1 aliphatic rings. The quantitative estimate of drug-likeness (QED) is 0.406. The number of aromatic nitrogens is 2. The molecule has 4 rings (SSSR count). The van der Waals surface area contributed by atoms with Crippen LogP contribution in [0.25, 0.3) is 11.3 Å². The minimum absolute atomic E-state index is 0.130. The number of nitrogens with zero attached hydrogens (tertiary/aromatic N) is 3. The van der Waals surface area contributed by atoms with Crippen LogP contribution in [0.15, 0.2) is 70.7 Å². The third-order valence-electron chi connectivity index (χ3n) is 4.98. The van der Waals surface area contributed by atoms with Gasteiger partial charge in [-0.15, -0.1) is 0 Å². The molecule has 10 heteroatoms. The van der Waals surface area contributed by atoms with E-state index in [4.69, 9.17) is 4.74 Å². The monoisotopic (exact) mass is 484 g/mol. The lowest BCUT2D eigenvalue weighted by molar-refractivity contribution is -0.113. The molecule has 0 atom stereocenters. The maximum atomic E-state index is 12.7. The summed E-state index contributed by atoms with van der Waals surface area (Å²) in [5.41, 5.74) is 3.14. The molecule has 172 valence electrons. The van der Waals surface area contributed by atoms with Crippen LogP contribution < -0.4 is 5.32 Å². The van der Waals surface area contributed by atoms with Crippen molar-refractivity contribution >= 4 is 33.4 Å². The maximum absolute atomic E-state index is 12.7. The van der Waals surface area contributed by atoms with Gasteiger partial charge in [0.15, 0.2) is 5.16 Å². The van der Waals surface area contributed by atoms with Crippen molar-refractivity contribution in [2.45, 2.75) is 17.0 Å². The molecule has 0 bridgehead atoms. The van der Waals surface area contributed by atoms with Crippen LogP contribution in [-0.4, -0.2) is 60.7 Å². The second-order valence-corrected chi connectivity index (χ2v) is 10.3. The van der Waals surface area contributed by atoms with Gasteiger partial charge in [-0.25, -0.2) is 18.4 Å². The zero-order chi connectivity index (χ0) is 23.3. The molecule has 2 aromatic carbocycles. The largest absolute Gasteiger partial charge is 0.379 e. The van der Waals surface area contributed by atoms with Crippen LogP contribution in [0.2, 0.25) is 0 Å². The molecule has 1 saturated heterocycles. The lowest BCUT2D eigenvalue weighted by Gasteiger charge is -2.26. The van der Waals surface area contributed by atoms with Crippen LogP contribution in [0.4, 0.5) is 5.69 Å². The number of benzene rings is 2. The van der Waals surface area contributed by atoms with Crippen LogP contribution in [0.1, 0.15) is 5.69 Å². The van der Waals surface area contributed by atoms with E-state index in [0.29, 0.717) is 37.1 Å². The summed E-state index contributed by atoms with van der Waals surface area (Å²) in [6.07, 6.45) is 0. The summed E-state index contributed by atoms with van der Waals surface area (Å²) in [6, 6.07) is 17.9. The molecule has 0 unspecified atom stereocenters. The molecule has 1 fully saturated rings. The van der Waals surface area contributed by atoms with Crippen LogP contribution in [0, 0.1) is 6.92 Å². The highest BCUT2D eigenvalue weighted by molar-refractivity contribution is 7.99. The summed E-state index contributed by atoms with van der Waals surface area (Å²) < 4.78 is 32.0. The molecule has 33 heavy (non-hydrogen) atoms. The lowest BCUT2D eigenvalue weighted by Crippen LogP contribution is -2.40. The number of nitrogens with one attached hydrogen (secondary N) is 1. The number of anilines is 1. The maximum Gasteiger partial charge on any atom is 0.243 e. The minimum atomic E-state index is -3.56. The Bertz CT molecular complexity index is 1210. The number of hydrogen-bond donors (Lipinski definition) is 1. The number of ether oxygens (including phenoxy) is 1. The fraction of sp³-hybridized carbons (Fsp3) is 0.261. The van der Waals surface area contributed by atoms with Crippen molar-refractivity contribution in [3.8, 4) is 11.3 Å². The Balaban J connectivity index is 1.36. The lowest BCUT2D eigenvalue weighted by atomic mass is 10.1. The number of carbonyl (C=O) groups excluding carboxylic acids is 1. The average molecular weight is 485 g/mol. The SMILES string of the molecule is Cc1cc(-c2ccccc2)nc(SCC(=O)Nc2ccc(S(=O)(=O)N3CCOCC3)cc2)n1. The molecule has 1 amide bonds. The second kappa shape index (κ2) is 10.4. The smallest absolute Gasteiger partial charge is 0.243 e. The third kappa shape index (κ3) is 5.97. The van der Waals surface area contributed by atoms with E-state index in [1.54, 1.807) is 12.1 Å². The van der Waals surface area contributed by atoms with E-state index in [9.17, 15) is 13.2 Å². The number of carbonyl (C=O) groups is 1. The molecule has 0 spiro atoms. The molecule has 1 aliphatic heterocycles. The van der Waals surface area contributed by atoms with Gasteiger partial charge < -0.3 is 10.1 Å². The van der Waals surface area contributed by atoms with Gasteiger partial charge in [0.25, 0.3) is 0 Å². The predicted molar refractivity (Wildman–Crippen MR) is 128 cm³/mol. The topological polar surface area (TPSA) is 101 Å². The first-order chi connectivity index (χ1) is 15.9. The van der Waals surface area contributed by atoms with Crippen LogP contribution >= 0.6 is 11.8 Å². The van der Waals surface area contributed by atoms with Gasteiger partial charge in [0.2, 0.25) is 15.9 Å². The number of amides is 1. The van der Waals surface area contributed by atoms with Crippen molar-refractivity contribution in [1.82, 2.24) is 14.3 Å². The van der Waals surface area contributed by atoms with Crippen LogP contribution in [0.5, 0.6) is 0 Å². The standard InChI is InChI=1S/C23H24N4O4S2/c1-17-15-21(18-5-3-2-4-6-18)26-23(24-17)32-16-22(28)25-19-7-9-20(10-8-19)33(29,30)27-11-13-31-14-12-27/h2-10,15H,11-14,16H2,1H3,(H,25,28). The molecule has 1 N–H and O–H groups in total. The van der Waals surface area contributed by atoms with Gasteiger partial charge in [0.1, 0.15) is 0 Å². The molecule has 0 radical (unpaired) electrons. The van der Waals surface area contributed by atoms with E-state index in [-0.39, 0.29) is 16.6 Å². The first-order valence-electron chi connectivity index (χ1n) is 10.4. The van der Waals surface area contributed by atoms with Gasteiger partial charge in [-0.1, -0.05) is 42.1 Å². The second-order valence-electron chi connectivity index (χ2n) is 7.42. The van der Waals surface area contributed by atoms with Crippen molar-refractivity contribution in [3.05, 3.63) is 66.4 Å². The summed E-state index contributed by atoms with van der Waals surface area (Å²) in [6.45, 7) is 3.35. The number of morpholine rings is 1. The predicted octanol–water partition coefficient (Wildman–Crippen LogP) is 3.20. The van der Waals surface area contributed by atoms with Gasteiger partial charge in [0, 0.05) is 30.0 Å². The number of hydrogen-bond acceptors (Lipinski definition) is 7. The van der Waals surface area contributed by atoms with Gasteiger partial charge in [0.05, 0.1) is 29.6 Å². The van der Waals surface area contributed by atoms with Crippen molar-refractivity contribution < 1.29 is 17.9 Å². The van der Waals surface area contributed by atoms with E-state index < -0.39 is 10.0 Å². The first kappa shape index (κ1) is 23.4. The van der Waals surface area contributed by atoms with Crippen LogP contribution in [0.3, 0.4) is 0 Å². The van der Waals surface area contributed by atoms with Gasteiger partial charge >= 0.3 is 0 Å². The average Bonchev–Trinajstić information content (AvgIpc) is 2.84. The summed E-state index contributed by atoms with van der Waals surface area (Å²) in [7, 11) is -3.56. The molecule has 8 nitrogen and oxygen atoms in total. The molecule has 3 aromatic rings. The molecular formula is C23H24N4O4S2. The highest BCUT2D eigenvalue weighted by Gasteiger charge is 2.26. The normalized spacial score (nSPS) is 14.7. The Morgan fingerprint density at radius 1 is 1.06 bits per heavy atom. The zero-order valence-electron chi connectivity index (χ0n) is 18.1. The van der Waals surface area contributed by atoms with E-state index in [1.165, 1.54) is 28.2 Å². The fourth-order valence-corrected chi connectivity index (χ4v) is 5.45. The van der Waals surface area contributed by atoms with Gasteiger partial charge in [-0.2, -0.15) is 4.31 Å². The Hall–Kier alpha value is -2.79. The van der Waals surface area contributed by atoms with Crippen LogP contribution in [-0.2, 0) is 19.6 Å². The Kier molecular flexibility index (Phi) is 7.39. The van der Waals surface area contributed by atoms with Crippen molar-refractivity contribution in [1.29, 1.82) is 0 Å². The minimum Gasteiger partial charge on any atom is -0.379 e. The zero-order valence-corrected chi connectivity index (χ0v) is 19.7. The molecular weight excluding hydrogens is 460 g/mol. The van der Waals surface area contributed by atoms with E-state index in [1.807, 2.05) is 43.3 Å². The van der Waals surface area contributed by atoms with Gasteiger partial charge in [-0.3, -0.25) is 4.79 Å². The van der Waals surface area contributed by atoms with Gasteiger partial charge in [-0.05, 0) is 37.3 Å². The third-order valence-corrected chi connectivity index (χ3v) is 7.74. The number of rotatable bonds is 7. The summed E-state index contributed by atoms with van der Waals surface area (Å²) in [4.78, 5) is 21.6. The number of aryl methyl sites for hydroxylation is 1. The highest BCUT2D eigenvalue weighted by atomic mass is 32.2. The Labute approximate surface area is 197 Å². The number of thioether (sulfide) groups is 1. The van der Waals surface area contributed by atoms with E-state index in [0.717, 1.165) is 17.0 Å². The molecule has 0 saturated carbocycles. The molecule has 2 heterocycles. The first-order valence-corrected chi connectivity index (χ1v) is 12.9. The Morgan fingerprint density at radius 3 is 2.45 bits per heavy atom. The van der Waals surface area contributed by atoms with Crippen molar-refractivity contribution in [2.24, 2.45) is 0 Å². The van der Waals surface area contributed by atoms with E-state index in [2.05, 4.69) is 15.3 Å². The Morgan fingerprint density at radius 2 is 1.76 bits per heavy atom.